The molecule has 0 unspecified atom stereocenters. The van der Waals surface area contributed by atoms with Gasteiger partial charge in [-0.05, 0) is 86.7 Å². The first-order valence-electron chi connectivity index (χ1n) is 14.9. The molecule has 3 N–H and O–H groups in total. The van der Waals surface area contributed by atoms with Crippen molar-refractivity contribution in [2.24, 2.45) is 0 Å². The Morgan fingerprint density at radius 2 is 1.51 bits per heavy atom. The number of hydrogen-bond acceptors (Lipinski definition) is 6. The fourth-order valence-electron chi connectivity index (χ4n) is 5.26. The molecule has 45 heavy (non-hydrogen) atoms. The lowest BCUT2D eigenvalue weighted by molar-refractivity contribution is -0.115. The van der Waals surface area contributed by atoms with Crippen LogP contribution in [0.1, 0.15) is 57.5 Å². The first kappa shape index (κ1) is 31.1. The van der Waals surface area contributed by atoms with Gasteiger partial charge in [-0.3, -0.25) is 9.59 Å². The average Bonchev–Trinajstić information content (AvgIpc) is 3.04. The minimum Gasteiger partial charge on any atom is -0.493 e. The highest BCUT2D eigenvalue weighted by Crippen LogP contribution is 2.36. The maximum atomic E-state index is 12.6. The third kappa shape index (κ3) is 8.41. The Balaban J connectivity index is 1.11. The van der Waals surface area contributed by atoms with E-state index in [-0.39, 0.29) is 41.6 Å². The number of aryl methyl sites for hydroxylation is 1. The SMILES string of the molecule is COc1cc(Oc2ccc(CC(=O)Nc3ccccc3C(=O)O)cc2)ccc1OC1CCC(NC(=O)c2ccc(C)cc2)CC1. The minimum atomic E-state index is -1.10. The summed E-state index contributed by atoms with van der Waals surface area (Å²) in [6.45, 7) is 2.00. The molecule has 5 rings (SSSR count). The minimum absolute atomic E-state index is 0.0144. The smallest absolute Gasteiger partial charge is 0.337 e. The molecule has 0 atom stereocenters. The van der Waals surface area contributed by atoms with E-state index in [0.29, 0.717) is 28.6 Å². The summed E-state index contributed by atoms with van der Waals surface area (Å²) in [5, 5.41) is 15.1. The highest BCUT2D eigenvalue weighted by molar-refractivity contribution is 6.01. The molecule has 4 aromatic rings. The van der Waals surface area contributed by atoms with Gasteiger partial charge in [0.15, 0.2) is 11.5 Å². The van der Waals surface area contributed by atoms with Gasteiger partial charge in [0.1, 0.15) is 11.5 Å². The summed E-state index contributed by atoms with van der Waals surface area (Å²) in [6.07, 6.45) is 3.39. The Morgan fingerprint density at radius 1 is 0.822 bits per heavy atom. The Labute approximate surface area is 262 Å². The van der Waals surface area contributed by atoms with Gasteiger partial charge in [0.2, 0.25) is 5.91 Å². The number of anilines is 1. The number of rotatable bonds is 11. The van der Waals surface area contributed by atoms with E-state index in [1.165, 1.54) is 6.07 Å². The molecule has 0 aromatic heterocycles. The first-order chi connectivity index (χ1) is 21.8. The number of carboxylic acids is 1. The molecule has 1 aliphatic rings. The Hall–Kier alpha value is -5.31. The number of methoxy groups -OCH3 is 1. The zero-order chi connectivity index (χ0) is 31.8. The fraction of sp³-hybridized carbons (Fsp3) is 0.250. The number of para-hydroxylation sites is 1. The summed E-state index contributed by atoms with van der Waals surface area (Å²) in [4.78, 5) is 36.5. The van der Waals surface area contributed by atoms with Crippen molar-refractivity contribution in [2.75, 3.05) is 12.4 Å². The molecule has 0 heterocycles. The van der Waals surface area contributed by atoms with Crippen LogP contribution in [0.2, 0.25) is 0 Å². The highest BCUT2D eigenvalue weighted by atomic mass is 16.5. The summed E-state index contributed by atoms with van der Waals surface area (Å²) < 4.78 is 17.9. The summed E-state index contributed by atoms with van der Waals surface area (Å²) in [5.41, 5.74) is 2.83. The Kier molecular flexibility index (Phi) is 9.99. The monoisotopic (exact) mass is 608 g/mol. The van der Waals surface area contributed by atoms with E-state index < -0.39 is 5.97 Å². The van der Waals surface area contributed by atoms with Crippen LogP contribution in [0.15, 0.2) is 91.0 Å². The van der Waals surface area contributed by atoms with Crippen molar-refractivity contribution < 1.29 is 33.7 Å². The van der Waals surface area contributed by atoms with Gasteiger partial charge < -0.3 is 30.0 Å². The summed E-state index contributed by atoms with van der Waals surface area (Å²) >= 11 is 0. The molecule has 2 amide bonds. The lowest BCUT2D eigenvalue weighted by atomic mass is 9.92. The number of nitrogens with one attached hydrogen (secondary N) is 2. The Bertz CT molecular complexity index is 1640. The van der Waals surface area contributed by atoms with Gasteiger partial charge in [-0.2, -0.15) is 0 Å². The quantitative estimate of drug-likeness (QED) is 0.171. The molecule has 9 heteroatoms. The third-order valence-electron chi connectivity index (χ3n) is 7.71. The van der Waals surface area contributed by atoms with Crippen LogP contribution in [0.5, 0.6) is 23.0 Å². The van der Waals surface area contributed by atoms with E-state index in [1.54, 1.807) is 55.6 Å². The van der Waals surface area contributed by atoms with Crippen LogP contribution in [-0.2, 0) is 11.2 Å². The number of amides is 2. The van der Waals surface area contributed by atoms with Crippen molar-refractivity contribution in [3.05, 3.63) is 113 Å². The highest BCUT2D eigenvalue weighted by Gasteiger charge is 2.25. The van der Waals surface area contributed by atoms with Crippen molar-refractivity contribution in [3.63, 3.8) is 0 Å². The van der Waals surface area contributed by atoms with E-state index in [9.17, 15) is 19.5 Å². The van der Waals surface area contributed by atoms with E-state index in [0.717, 1.165) is 36.8 Å². The lowest BCUT2D eigenvalue weighted by Crippen LogP contribution is -2.39. The van der Waals surface area contributed by atoms with E-state index in [1.807, 2.05) is 43.3 Å². The molecule has 0 saturated heterocycles. The number of carboxylic acid groups (broad SMARTS) is 1. The predicted molar refractivity (Wildman–Crippen MR) is 171 cm³/mol. The lowest BCUT2D eigenvalue weighted by Gasteiger charge is -2.30. The topological polar surface area (TPSA) is 123 Å². The number of carbonyl (C=O) groups excluding carboxylic acids is 2. The van der Waals surface area contributed by atoms with Crippen LogP contribution in [0.3, 0.4) is 0 Å². The largest absolute Gasteiger partial charge is 0.493 e. The average molecular weight is 609 g/mol. The van der Waals surface area contributed by atoms with Gasteiger partial charge in [-0.1, -0.05) is 42.0 Å². The number of aromatic carboxylic acids is 1. The van der Waals surface area contributed by atoms with E-state index in [4.69, 9.17) is 14.2 Å². The van der Waals surface area contributed by atoms with Crippen LogP contribution >= 0.6 is 0 Å². The van der Waals surface area contributed by atoms with Crippen molar-refractivity contribution in [1.29, 1.82) is 0 Å². The molecule has 0 radical (unpaired) electrons. The molecule has 4 aromatic carbocycles. The third-order valence-corrected chi connectivity index (χ3v) is 7.71. The second kappa shape index (κ2) is 14.4. The van der Waals surface area contributed by atoms with Crippen LogP contribution in [0, 0.1) is 6.92 Å². The second-order valence-corrected chi connectivity index (χ2v) is 11.1. The molecule has 0 aliphatic heterocycles. The van der Waals surface area contributed by atoms with Gasteiger partial charge in [-0.15, -0.1) is 0 Å². The molecule has 9 nitrogen and oxygen atoms in total. The number of ether oxygens (including phenoxy) is 3. The van der Waals surface area contributed by atoms with Crippen molar-refractivity contribution in [2.45, 2.75) is 51.2 Å². The standard InChI is InChI=1S/C36H36N2O7/c1-23-7-11-25(12-8-23)35(40)37-26-13-17-28(18-14-26)45-32-20-19-29(22-33(32)43-2)44-27-15-9-24(10-16-27)21-34(39)38-31-6-4-3-5-30(31)36(41)42/h3-12,15-16,19-20,22,26,28H,13-14,17-18,21H2,1-2H3,(H,37,40)(H,38,39)(H,41,42). The summed E-state index contributed by atoms with van der Waals surface area (Å²) in [7, 11) is 1.58. The predicted octanol–water partition coefficient (Wildman–Crippen LogP) is 6.80. The molecular weight excluding hydrogens is 572 g/mol. The van der Waals surface area contributed by atoms with Gasteiger partial charge in [0.25, 0.3) is 5.91 Å². The van der Waals surface area contributed by atoms with Crippen molar-refractivity contribution in [1.82, 2.24) is 5.32 Å². The van der Waals surface area contributed by atoms with Crippen LogP contribution in [0.4, 0.5) is 5.69 Å². The number of carbonyl (C=O) groups is 3. The maximum absolute atomic E-state index is 12.6. The molecule has 232 valence electrons. The molecule has 1 saturated carbocycles. The van der Waals surface area contributed by atoms with E-state index >= 15 is 0 Å². The fourth-order valence-corrected chi connectivity index (χ4v) is 5.26. The molecule has 1 fully saturated rings. The van der Waals surface area contributed by atoms with Crippen molar-refractivity contribution in [3.8, 4) is 23.0 Å². The van der Waals surface area contributed by atoms with Crippen molar-refractivity contribution >= 4 is 23.5 Å². The zero-order valence-electron chi connectivity index (χ0n) is 25.2. The van der Waals surface area contributed by atoms with Gasteiger partial charge in [0, 0.05) is 17.7 Å². The number of hydrogen-bond donors (Lipinski definition) is 3. The first-order valence-corrected chi connectivity index (χ1v) is 14.9. The maximum Gasteiger partial charge on any atom is 0.337 e. The van der Waals surface area contributed by atoms with Gasteiger partial charge in [-0.25, -0.2) is 4.79 Å². The second-order valence-electron chi connectivity index (χ2n) is 11.1. The summed E-state index contributed by atoms with van der Waals surface area (Å²) in [5.74, 6) is 0.857. The van der Waals surface area contributed by atoms with Crippen LogP contribution in [0.25, 0.3) is 0 Å². The molecule has 0 spiro atoms. The van der Waals surface area contributed by atoms with Gasteiger partial charge in [0.05, 0.1) is 30.9 Å². The molecule has 0 bridgehead atoms. The summed E-state index contributed by atoms with van der Waals surface area (Å²) in [6, 6.07) is 26.5. The molecule has 1 aliphatic carbocycles. The van der Waals surface area contributed by atoms with Crippen LogP contribution < -0.4 is 24.8 Å². The normalized spacial score (nSPS) is 15.9. The molecular formula is C36H36N2O7. The van der Waals surface area contributed by atoms with Gasteiger partial charge >= 0.3 is 5.97 Å². The van der Waals surface area contributed by atoms with Crippen LogP contribution in [-0.4, -0.2) is 42.1 Å². The van der Waals surface area contributed by atoms with E-state index in [2.05, 4.69) is 10.6 Å². The number of benzene rings is 4. The Morgan fingerprint density at radius 3 is 2.20 bits per heavy atom. The zero-order valence-corrected chi connectivity index (χ0v) is 25.2.